The molecule has 1 rings (SSSR count). The first kappa shape index (κ1) is 12.6. The molecular weight excluding hydrogens is 192 g/mol. The third-order valence-corrected chi connectivity index (χ3v) is 2.45. The molecule has 0 atom stereocenters. The van der Waals surface area contributed by atoms with Crippen molar-refractivity contribution in [1.29, 1.82) is 0 Å². The van der Waals surface area contributed by atoms with E-state index in [1.54, 1.807) is 0 Å². The van der Waals surface area contributed by atoms with Crippen molar-refractivity contribution in [3.63, 3.8) is 0 Å². The molecule has 0 aromatic heterocycles. The Bertz CT molecular complexity index is 337. The van der Waals surface area contributed by atoms with Crippen LogP contribution >= 0.6 is 0 Å². The molecule has 0 aliphatic rings. The second-order valence-corrected chi connectivity index (χ2v) is 3.87. The van der Waals surface area contributed by atoms with Gasteiger partial charge in [-0.3, -0.25) is 0 Å². The molecule has 1 aromatic rings. The van der Waals surface area contributed by atoms with E-state index in [1.165, 1.54) is 12.0 Å². The van der Waals surface area contributed by atoms with Crippen LogP contribution in [0, 0.1) is 11.8 Å². The van der Waals surface area contributed by atoms with Gasteiger partial charge < -0.3 is 0 Å². The average molecular weight is 212 g/mol. The first-order valence-corrected chi connectivity index (χ1v) is 6.04. The minimum atomic E-state index is 1.01. The summed E-state index contributed by atoms with van der Waals surface area (Å²) in [6, 6.07) is 10.6. The van der Waals surface area contributed by atoms with E-state index in [1.807, 2.05) is 6.08 Å². The summed E-state index contributed by atoms with van der Waals surface area (Å²) in [4.78, 5) is 0. The van der Waals surface area contributed by atoms with Crippen LogP contribution < -0.4 is 0 Å². The van der Waals surface area contributed by atoms with E-state index in [0.29, 0.717) is 0 Å². The van der Waals surface area contributed by atoms with E-state index in [-0.39, 0.29) is 0 Å². The molecule has 0 amide bonds. The highest BCUT2D eigenvalue weighted by molar-refractivity contribution is 5.14. The third kappa shape index (κ3) is 6.09. The van der Waals surface area contributed by atoms with Gasteiger partial charge >= 0.3 is 0 Å². The first-order valence-electron chi connectivity index (χ1n) is 6.04. The fourth-order valence-corrected chi connectivity index (χ4v) is 1.54. The Morgan fingerprint density at radius 1 is 1.00 bits per heavy atom. The van der Waals surface area contributed by atoms with Crippen molar-refractivity contribution in [2.24, 2.45) is 0 Å². The molecule has 0 radical (unpaired) electrons. The van der Waals surface area contributed by atoms with Gasteiger partial charge in [0.2, 0.25) is 0 Å². The van der Waals surface area contributed by atoms with Crippen molar-refractivity contribution >= 4 is 0 Å². The van der Waals surface area contributed by atoms with Gasteiger partial charge in [0, 0.05) is 12.8 Å². The molecule has 0 nitrogen and oxygen atoms in total. The SMILES string of the molecule is C=CCCCC#CCCCc1ccccc1. The number of allylic oxidation sites excluding steroid dienone is 1. The lowest BCUT2D eigenvalue weighted by Gasteiger charge is -1.96. The normalized spacial score (nSPS) is 9.25. The quantitative estimate of drug-likeness (QED) is 0.373. The number of benzene rings is 1. The molecule has 0 heteroatoms. The van der Waals surface area contributed by atoms with Crippen molar-refractivity contribution in [2.45, 2.75) is 38.5 Å². The van der Waals surface area contributed by atoms with Crippen LogP contribution in [0.3, 0.4) is 0 Å². The van der Waals surface area contributed by atoms with E-state index in [9.17, 15) is 0 Å². The third-order valence-electron chi connectivity index (χ3n) is 2.45. The summed E-state index contributed by atoms with van der Waals surface area (Å²) in [6.07, 6.45) is 8.52. The smallest absolute Gasteiger partial charge is 0.00918 e. The lowest BCUT2D eigenvalue weighted by atomic mass is 10.1. The van der Waals surface area contributed by atoms with Crippen LogP contribution in [0.25, 0.3) is 0 Å². The van der Waals surface area contributed by atoms with Crippen molar-refractivity contribution < 1.29 is 0 Å². The molecule has 16 heavy (non-hydrogen) atoms. The summed E-state index contributed by atoms with van der Waals surface area (Å²) in [5.74, 6) is 6.44. The minimum absolute atomic E-state index is 1.01. The topological polar surface area (TPSA) is 0 Å². The van der Waals surface area contributed by atoms with Crippen LogP contribution in [0.4, 0.5) is 0 Å². The molecule has 0 aliphatic carbocycles. The zero-order valence-electron chi connectivity index (χ0n) is 9.91. The molecule has 0 aliphatic heterocycles. The Balaban J connectivity index is 2.05. The highest BCUT2D eigenvalue weighted by atomic mass is 13.9. The van der Waals surface area contributed by atoms with Crippen LogP contribution in [0.1, 0.15) is 37.7 Å². The molecule has 1 aromatic carbocycles. The van der Waals surface area contributed by atoms with Gasteiger partial charge in [-0.1, -0.05) is 36.4 Å². The molecular formula is C16H20. The Kier molecular flexibility index (Phi) is 6.92. The van der Waals surface area contributed by atoms with Gasteiger partial charge in [-0.25, -0.2) is 0 Å². The zero-order valence-corrected chi connectivity index (χ0v) is 9.91. The first-order chi connectivity index (χ1) is 7.93. The zero-order chi connectivity index (χ0) is 11.5. The van der Waals surface area contributed by atoms with Gasteiger partial charge in [0.05, 0.1) is 0 Å². The molecule has 0 bridgehead atoms. The highest BCUT2D eigenvalue weighted by Gasteiger charge is 1.89. The molecule has 0 heterocycles. The largest absolute Gasteiger partial charge is 0.103 e. The number of unbranched alkanes of at least 4 members (excludes halogenated alkanes) is 3. The minimum Gasteiger partial charge on any atom is -0.103 e. The van der Waals surface area contributed by atoms with Gasteiger partial charge in [0.15, 0.2) is 0 Å². The summed E-state index contributed by atoms with van der Waals surface area (Å²) in [6.45, 7) is 3.69. The lowest BCUT2D eigenvalue weighted by Crippen LogP contribution is -1.83. The summed E-state index contributed by atoms with van der Waals surface area (Å²) < 4.78 is 0. The van der Waals surface area contributed by atoms with Gasteiger partial charge in [-0.2, -0.15) is 0 Å². The predicted molar refractivity (Wildman–Crippen MR) is 71.2 cm³/mol. The van der Waals surface area contributed by atoms with Crippen LogP contribution in [0.2, 0.25) is 0 Å². The average Bonchev–Trinajstić information content (AvgIpc) is 2.34. The van der Waals surface area contributed by atoms with Gasteiger partial charge in [-0.05, 0) is 31.2 Å². The maximum Gasteiger partial charge on any atom is 0.00918 e. The molecule has 0 spiro atoms. The number of rotatable bonds is 6. The van der Waals surface area contributed by atoms with Crippen LogP contribution in [0.15, 0.2) is 43.0 Å². The molecule has 84 valence electrons. The summed E-state index contributed by atoms with van der Waals surface area (Å²) in [5.41, 5.74) is 1.41. The fourth-order valence-electron chi connectivity index (χ4n) is 1.54. The maximum atomic E-state index is 3.69. The summed E-state index contributed by atoms with van der Waals surface area (Å²) in [5, 5.41) is 0. The molecule has 0 N–H and O–H groups in total. The Labute approximate surface area is 99.4 Å². The monoisotopic (exact) mass is 212 g/mol. The Morgan fingerprint density at radius 3 is 2.38 bits per heavy atom. The van der Waals surface area contributed by atoms with Crippen molar-refractivity contribution in [3.8, 4) is 11.8 Å². The second kappa shape index (κ2) is 8.80. The van der Waals surface area contributed by atoms with Gasteiger partial charge in [-0.15, -0.1) is 18.4 Å². The molecule has 0 fully saturated rings. The molecule has 0 saturated heterocycles. The van der Waals surface area contributed by atoms with Crippen molar-refractivity contribution in [1.82, 2.24) is 0 Å². The van der Waals surface area contributed by atoms with Gasteiger partial charge in [0.25, 0.3) is 0 Å². The second-order valence-electron chi connectivity index (χ2n) is 3.87. The number of hydrogen-bond acceptors (Lipinski definition) is 0. The summed E-state index contributed by atoms with van der Waals surface area (Å²) in [7, 11) is 0. The molecule has 0 unspecified atom stereocenters. The Hall–Kier alpha value is -1.48. The van der Waals surface area contributed by atoms with Gasteiger partial charge in [0.1, 0.15) is 0 Å². The van der Waals surface area contributed by atoms with Crippen LogP contribution in [-0.4, -0.2) is 0 Å². The lowest BCUT2D eigenvalue weighted by molar-refractivity contribution is 0.851. The van der Waals surface area contributed by atoms with E-state index in [0.717, 1.165) is 32.1 Å². The maximum absolute atomic E-state index is 3.69. The standard InChI is InChI=1S/C16H20/c1-2-3-4-5-6-7-8-10-13-16-14-11-9-12-15-16/h2,9,11-12,14-15H,1,3-5,8,10,13H2. The summed E-state index contributed by atoms with van der Waals surface area (Å²) >= 11 is 0. The predicted octanol–water partition coefficient (Wildman–Crippen LogP) is 4.37. The van der Waals surface area contributed by atoms with Crippen LogP contribution in [-0.2, 0) is 6.42 Å². The van der Waals surface area contributed by atoms with E-state index in [2.05, 4.69) is 48.8 Å². The Morgan fingerprint density at radius 2 is 1.69 bits per heavy atom. The fraction of sp³-hybridized carbons (Fsp3) is 0.375. The van der Waals surface area contributed by atoms with E-state index >= 15 is 0 Å². The van der Waals surface area contributed by atoms with E-state index in [4.69, 9.17) is 0 Å². The van der Waals surface area contributed by atoms with E-state index < -0.39 is 0 Å². The van der Waals surface area contributed by atoms with Crippen molar-refractivity contribution in [2.75, 3.05) is 0 Å². The van der Waals surface area contributed by atoms with Crippen LogP contribution in [0.5, 0.6) is 0 Å². The number of hydrogen-bond donors (Lipinski definition) is 0. The van der Waals surface area contributed by atoms with Crippen molar-refractivity contribution in [3.05, 3.63) is 48.6 Å². The number of aryl methyl sites for hydroxylation is 1. The molecule has 0 saturated carbocycles. The highest BCUT2D eigenvalue weighted by Crippen LogP contribution is 2.03.